The third-order valence-corrected chi connectivity index (χ3v) is 3.91. The first-order valence-corrected chi connectivity index (χ1v) is 7.23. The molecule has 0 amide bonds. The van der Waals surface area contributed by atoms with Gasteiger partial charge in [0.2, 0.25) is 6.79 Å². The average Bonchev–Trinajstić information content (AvgIpc) is 3.12. The van der Waals surface area contributed by atoms with E-state index in [4.69, 9.17) is 9.47 Å². The van der Waals surface area contributed by atoms with Gasteiger partial charge in [0.15, 0.2) is 11.5 Å². The van der Waals surface area contributed by atoms with E-state index in [9.17, 15) is 4.39 Å². The zero-order valence-corrected chi connectivity index (χ0v) is 12.1. The van der Waals surface area contributed by atoms with Crippen LogP contribution in [-0.2, 0) is 6.42 Å². The van der Waals surface area contributed by atoms with Gasteiger partial charge in [0, 0.05) is 5.92 Å². The van der Waals surface area contributed by atoms with Crippen LogP contribution in [0.3, 0.4) is 0 Å². The van der Waals surface area contributed by atoms with Crippen LogP contribution in [0.15, 0.2) is 36.4 Å². The van der Waals surface area contributed by atoms with Crippen molar-refractivity contribution in [3.63, 3.8) is 0 Å². The second kappa shape index (κ2) is 5.02. The molecule has 1 atom stereocenters. The fourth-order valence-corrected chi connectivity index (χ4v) is 2.75. The lowest BCUT2D eigenvalue weighted by Crippen LogP contribution is -2.00. The molecule has 112 valence electrons. The third-order valence-electron chi connectivity index (χ3n) is 3.91. The van der Waals surface area contributed by atoms with Gasteiger partial charge in [0.25, 0.3) is 0 Å². The Bertz CT molecular complexity index is 844. The number of halogens is 1. The lowest BCUT2D eigenvalue weighted by Gasteiger charge is -2.09. The summed E-state index contributed by atoms with van der Waals surface area (Å²) in [6.45, 7) is 2.38. The number of fused-ring (bicyclic) bond motifs is 2. The van der Waals surface area contributed by atoms with Crippen molar-refractivity contribution in [1.82, 2.24) is 9.97 Å². The molecule has 4 rings (SSSR count). The molecule has 0 saturated heterocycles. The fourth-order valence-electron chi connectivity index (χ4n) is 2.75. The van der Waals surface area contributed by atoms with Crippen LogP contribution in [0.25, 0.3) is 11.0 Å². The number of H-pyrrole nitrogens is 1. The summed E-state index contributed by atoms with van der Waals surface area (Å²) in [6.07, 6.45) is 0.818. The second-order valence-corrected chi connectivity index (χ2v) is 5.58. The number of hydrogen-bond donors (Lipinski definition) is 1. The molecule has 2 aromatic carbocycles. The van der Waals surface area contributed by atoms with Crippen molar-refractivity contribution in [1.29, 1.82) is 0 Å². The lowest BCUT2D eigenvalue weighted by molar-refractivity contribution is 0.174. The predicted octanol–water partition coefficient (Wildman–Crippen LogP) is 3.78. The molecule has 5 heteroatoms. The number of nitrogens with zero attached hydrogens (tertiary/aromatic N) is 1. The Kier molecular flexibility index (Phi) is 2.99. The fraction of sp³-hybridized carbons (Fsp3) is 0.235. The molecule has 0 unspecified atom stereocenters. The second-order valence-electron chi connectivity index (χ2n) is 5.58. The molecule has 0 bridgehead atoms. The molecule has 3 aromatic rings. The first kappa shape index (κ1) is 13.1. The van der Waals surface area contributed by atoms with Crippen LogP contribution < -0.4 is 9.47 Å². The predicted molar refractivity (Wildman–Crippen MR) is 80.7 cm³/mol. The minimum absolute atomic E-state index is 0.191. The zero-order chi connectivity index (χ0) is 15.1. The number of ether oxygens (including phenoxy) is 2. The number of aromatic nitrogens is 2. The van der Waals surface area contributed by atoms with Gasteiger partial charge in [-0.3, -0.25) is 0 Å². The van der Waals surface area contributed by atoms with E-state index in [0.29, 0.717) is 0 Å². The third kappa shape index (κ3) is 2.28. The molecule has 22 heavy (non-hydrogen) atoms. The van der Waals surface area contributed by atoms with Crippen molar-refractivity contribution in [2.75, 3.05) is 6.79 Å². The molecule has 1 aliphatic rings. The molecule has 4 nitrogen and oxygen atoms in total. The Balaban J connectivity index is 1.59. The largest absolute Gasteiger partial charge is 0.454 e. The summed E-state index contributed by atoms with van der Waals surface area (Å²) < 4.78 is 24.0. The number of benzene rings is 2. The number of imidazole rings is 1. The van der Waals surface area contributed by atoms with Crippen LogP contribution in [0.4, 0.5) is 4.39 Å². The maximum absolute atomic E-state index is 13.2. The highest BCUT2D eigenvalue weighted by atomic mass is 19.1. The molecular weight excluding hydrogens is 283 g/mol. The number of nitrogens with one attached hydrogen (secondary N) is 1. The Morgan fingerprint density at radius 1 is 1.18 bits per heavy atom. The van der Waals surface area contributed by atoms with Crippen LogP contribution in [0.1, 0.15) is 24.2 Å². The highest BCUT2D eigenvalue weighted by Gasteiger charge is 2.16. The maximum atomic E-state index is 13.2. The summed E-state index contributed by atoms with van der Waals surface area (Å²) in [7, 11) is 0. The quantitative estimate of drug-likeness (QED) is 0.800. The standard InChI is InChI=1S/C17H15FN2O2/c1-10(6-11-2-5-15-16(7-11)22-9-21-15)17-19-13-4-3-12(18)8-14(13)20-17/h2-5,7-8,10H,6,9H2,1H3,(H,19,20)/t10-/m1/s1. The molecule has 1 aromatic heterocycles. The molecule has 0 fully saturated rings. The Labute approximate surface area is 126 Å². The normalized spacial score (nSPS) is 14.5. The van der Waals surface area contributed by atoms with Gasteiger partial charge in [-0.15, -0.1) is 0 Å². The summed E-state index contributed by atoms with van der Waals surface area (Å²) >= 11 is 0. The van der Waals surface area contributed by atoms with Crippen LogP contribution >= 0.6 is 0 Å². The Hall–Kier alpha value is -2.56. The summed E-state index contributed by atoms with van der Waals surface area (Å²) in [4.78, 5) is 7.75. The first-order chi connectivity index (χ1) is 10.7. The molecule has 0 saturated carbocycles. The van der Waals surface area contributed by atoms with Crippen molar-refractivity contribution in [3.8, 4) is 11.5 Å². The van der Waals surface area contributed by atoms with E-state index >= 15 is 0 Å². The summed E-state index contributed by atoms with van der Waals surface area (Å²) in [5.41, 5.74) is 2.67. The van der Waals surface area contributed by atoms with Crippen molar-refractivity contribution >= 4 is 11.0 Å². The van der Waals surface area contributed by atoms with E-state index in [1.165, 1.54) is 12.1 Å². The van der Waals surface area contributed by atoms with Crippen molar-refractivity contribution in [2.45, 2.75) is 19.3 Å². The van der Waals surface area contributed by atoms with Gasteiger partial charge in [0.1, 0.15) is 11.6 Å². The number of rotatable bonds is 3. The molecular formula is C17H15FN2O2. The topological polar surface area (TPSA) is 47.1 Å². The Morgan fingerprint density at radius 3 is 2.95 bits per heavy atom. The molecule has 1 aliphatic heterocycles. The molecule has 0 aliphatic carbocycles. The van der Waals surface area contributed by atoms with Gasteiger partial charge < -0.3 is 14.5 Å². The van der Waals surface area contributed by atoms with Gasteiger partial charge in [-0.1, -0.05) is 13.0 Å². The van der Waals surface area contributed by atoms with E-state index in [0.717, 1.165) is 40.3 Å². The maximum Gasteiger partial charge on any atom is 0.231 e. The molecule has 2 heterocycles. The van der Waals surface area contributed by atoms with Crippen molar-refractivity contribution < 1.29 is 13.9 Å². The average molecular weight is 298 g/mol. The van der Waals surface area contributed by atoms with Gasteiger partial charge in [-0.2, -0.15) is 0 Å². The van der Waals surface area contributed by atoms with Crippen LogP contribution in [0, 0.1) is 5.82 Å². The van der Waals surface area contributed by atoms with E-state index in [2.05, 4.69) is 16.9 Å². The van der Waals surface area contributed by atoms with Crippen LogP contribution in [0.5, 0.6) is 11.5 Å². The zero-order valence-electron chi connectivity index (χ0n) is 12.1. The number of aromatic amines is 1. The summed E-state index contributed by atoms with van der Waals surface area (Å²) in [6, 6.07) is 10.6. The smallest absolute Gasteiger partial charge is 0.231 e. The van der Waals surface area contributed by atoms with E-state index in [-0.39, 0.29) is 18.5 Å². The molecule has 0 radical (unpaired) electrons. The molecule has 0 spiro atoms. The minimum atomic E-state index is -0.258. The van der Waals surface area contributed by atoms with Crippen molar-refractivity contribution in [2.24, 2.45) is 0 Å². The highest BCUT2D eigenvalue weighted by molar-refractivity contribution is 5.75. The van der Waals surface area contributed by atoms with E-state index < -0.39 is 0 Å². The highest BCUT2D eigenvalue weighted by Crippen LogP contribution is 2.33. The van der Waals surface area contributed by atoms with E-state index in [1.807, 2.05) is 18.2 Å². The monoisotopic (exact) mass is 298 g/mol. The van der Waals surface area contributed by atoms with Gasteiger partial charge in [-0.05, 0) is 42.3 Å². The van der Waals surface area contributed by atoms with Gasteiger partial charge in [-0.25, -0.2) is 9.37 Å². The van der Waals surface area contributed by atoms with Gasteiger partial charge >= 0.3 is 0 Å². The lowest BCUT2D eigenvalue weighted by atomic mass is 10.0. The summed E-state index contributed by atoms with van der Waals surface area (Å²) in [5.74, 6) is 2.37. The molecule has 1 N–H and O–H groups in total. The van der Waals surface area contributed by atoms with Gasteiger partial charge in [0.05, 0.1) is 11.0 Å². The van der Waals surface area contributed by atoms with Crippen LogP contribution in [-0.4, -0.2) is 16.8 Å². The van der Waals surface area contributed by atoms with Crippen LogP contribution in [0.2, 0.25) is 0 Å². The number of hydrogen-bond acceptors (Lipinski definition) is 3. The van der Waals surface area contributed by atoms with E-state index in [1.54, 1.807) is 6.07 Å². The summed E-state index contributed by atoms with van der Waals surface area (Å²) in [5, 5.41) is 0. The Morgan fingerprint density at radius 2 is 2.05 bits per heavy atom. The minimum Gasteiger partial charge on any atom is -0.454 e. The SMILES string of the molecule is C[C@H](Cc1ccc2c(c1)OCO2)c1nc2ccc(F)cc2[nH]1. The first-order valence-electron chi connectivity index (χ1n) is 7.23. The van der Waals surface area contributed by atoms with Crippen molar-refractivity contribution in [3.05, 3.63) is 53.6 Å².